The summed E-state index contributed by atoms with van der Waals surface area (Å²) in [5.74, 6) is 5.70. The minimum absolute atomic E-state index is 0.282. The van der Waals surface area contributed by atoms with Gasteiger partial charge >= 0.3 is 0 Å². The molecule has 0 aromatic heterocycles. The Balaban J connectivity index is 3.29. The number of hydrogen-bond donors (Lipinski definition) is 1. The smallest absolute Gasteiger partial charge is 0.0624 e. The summed E-state index contributed by atoms with van der Waals surface area (Å²) in [4.78, 5) is 0. The van der Waals surface area contributed by atoms with E-state index in [9.17, 15) is 0 Å². The maximum absolute atomic E-state index is 4.14. The Morgan fingerprint density at radius 2 is 2.29 bits per heavy atom. The molecule has 0 aromatic rings. The fraction of sp³-hybridized carbons (Fsp3) is 0.667. The molecule has 0 aliphatic carbocycles. The van der Waals surface area contributed by atoms with Gasteiger partial charge in [0.05, 0.1) is 5.25 Å². The zero-order valence-electron chi connectivity index (χ0n) is 4.73. The van der Waals surface area contributed by atoms with E-state index in [-0.39, 0.29) is 5.25 Å². The second-order valence-electron chi connectivity index (χ2n) is 1.32. The van der Waals surface area contributed by atoms with E-state index in [0.717, 1.165) is 6.42 Å². The minimum Gasteiger partial charge on any atom is -0.163 e. The van der Waals surface area contributed by atoms with Crippen LogP contribution in [-0.2, 0) is 0 Å². The van der Waals surface area contributed by atoms with Crippen molar-refractivity contribution in [3.63, 3.8) is 0 Å². The van der Waals surface area contributed by atoms with Crippen LogP contribution in [0, 0.1) is 11.8 Å². The van der Waals surface area contributed by atoms with Crippen LogP contribution >= 0.6 is 12.6 Å². The maximum Gasteiger partial charge on any atom is 0.0624 e. The van der Waals surface area contributed by atoms with Gasteiger partial charge in [-0.2, -0.15) is 12.6 Å². The molecule has 0 aliphatic rings. The van der Waals surface area contributed by atoms with Gasteiger partial charge in [0.15, 0.2) is 0 Å². The molecule has 0 saturated carbocycles. The molecule has 0 radical (unpaired) electrons. The molecule has 0 rings (SSSR count). The molecule has 0 amide bonds. The summed E-state index contributed by atoms with van der Waals surface area (Å²) in [6.45, 7) is 3.90. The summed E-state index contributed by atoms with van der Waals surface area (Å²) < 4.78 is 0. The van der Waals surface area contributed by atoms with E-state index >= 15 is 0 Å². The van der Waals surface area contributed by atoms with E-state index < -0.39 is 0 Å². The van der Waals surface area contributed by atoms with E-state index in [1.807, 2.05) is 6.92 Å². The largest absolute Gasteiger partial charge is 0.163 e. The lowest BCUT2D eigenvalue weighted by Crippen LogP contribution is -1.87. The molecule has 0 aromatic carbocycles. The summed E-state index contributed by atoms with van der Waals surface area (Å²) in [5.41, 5.74) is 0. The van der Waals surface area contributed by atoms with Crippen molar-refractivity contribution in [2.75, 3.05) is 0 Å². The van der Waals surface area contributed by atoms with Crippen LogP contribution < -0.4 is 0 Å². The molecule has 7 heavy (non-hydrogen) atoms. The van der Waals surface area contributed by atoms with Gasteiger partial charge in [-0.05, 0) is 13.3 Å². The third kappa shape index (κ3) is 3.75. The van der Waals surface area contributed by atoms with Crippen molar-refractivity contribution < 1.29 is 0 Å². The zero-order chi connectivity index (χ0) is 5.70. The highest BCUT2D eigenvalue weighted by molar-refractivity contribution is 7.81. The number of thiol groups is 1. The van der Waals surface area contributed by atoms with Crippen LogP contribution in [0.3, 0.4) is 0 Å². The van der Waals surface area contributed by atoms with Gasteiger partial charge in [0.2, 0.25) is 0 Å². The lowest BCUT2D eigenvalue weighted by Gasteiger charge is -1.91. The topological polar surface area (TPSA) is 0 Å². The highest BCUT2D eigenvalue weighted by Gasteiger charge is 1.87. The first-order chi connectivity index (χ1) is 3.31. The van der Waals surface area contributed by atoms with Crippen molar-refractivity contribution in [1.82, 2.24) is 0 Å². The van der Waals surface area contributed by atoms with Crippen LogP contribution in [0.4, 0.5) is 0 Å². The Kier molecular flexibility index (Phi) is 4.03. The van der Waals surface area contributed by atoms with Crippen molar-refractivity contribution >= 4 is 12.6 Å². The van der Waals surface area contributed by atoms with E-state index in [4.69, 9.17) is 0 Å². The average molecular weight is 114 g/mol. The summed E-state index contributed by atoms with van der Waals surface area (Å²) in [6.07, 6.45) is 1.03. The first kappa shape index (κ1) is 6.91. The molecule has 0 spiro atoms. The summed E-state index contributed by atoms with van der Waals surface area (Å²) >= 11 is 4.14. The van der Waals surface area contributed by atoms with Crippen LogP contribution in [0.2, 0.25) is 0 Å². The maximum atomic E-state index is 4.14. The van der Waals surface area contributed by atoms with Crippen LogP contribution in [0.25, 0.3) is 0 Å². The Morgan fingerprint density at radius 1 is 1.71 bits per heavy atom. The molecule has 0 saturated heterocycles. The van der Waals surface area contributed by atoms with Crippen LogP contribution in [0.1, 0.15) is 20.3 Å². The SMILES string of the molecule is CC#CC(S)CC. The third-order valence-corrected chi connectivity index (χ3v) is 1.19. The Bertz CT molecular complexity index is 86.1. The van der Waals surface area contributed by atoms with Gasteiger partial charge in [0.1, 0.15) is 0 Å². The van der Waals surface area contributed by atoms with Crippen molar-refractivity contribution in [3.05, 3.63) is 0 Å². The molecule has 0 aliphatic heterocycles. The molecule has 40 valence electrons. The lowest BCUT2D eigenvalue weighted by molar-refractivity contribution is 1.01. The molecule has 0 N–H and O–H groups in total. The van der Waals surface area contributed by atoms with E-state index in [0.29, 0.717) is 0 Å². The van der Waals surface area contributed by atoms with Gasteiger partial charge in [-0.3, -0.25) is 0 Å². The Hall–Kier alpha value is -0.0900. The quantitative estimate of drug-likeness (QED) is 0.389. The average Bonchev–Trinajstić information content (AvgIpc) is 1.68. The normalized spacial score (nSPS) is 11.9. The fourth-order valence-electron chi connectivity index (χ4n) is 0.269. The van der Waals surface area contributed by atoms with Crippen molar-refractivity contribution in [3.8, 4) is 11.8 Å². The lowest BCUT2D eigenvalue weighted by atomic mass is 10.3. The van der Waals surface area contributed by atoms with Gasteiger partial charge in [0.25, 0.3) is 0 Å². The van der Waals surface area contributed by atoms with Gasteiger partial charge in [-0.15, -0.1) is 5.92 Å². The van der Waals surface area contributed by atoms with Gasteiger partial charge in [0, 0.05) is 0 Å². The predicted molar refractivity (Wildman–Crippen MR) is 36.5 cm³/mol. The molecule has 0 heterocycles. The molecular weight excluding hydrogens is 104 g/mol. The third-order valence-electron chi connectivity index (χ3n) is 0.698. The molecule has 1 heteroatoms. The standard InChI is InChI=1S/C6H10S/c1-3-5-6(7)4-2/h6-7H,4H2,1-2H3. The molecule has 0 nitrogen and oxygen atoms in total. The first-order valence-electron chi connectivity index (χ1n) is 2.41. The molecular formula is C6H10S. The second kappa shape index (κ2) is 4.08. The van der Waals surface area contributed by atoms with Crippen molar-refractivity contribution in [2.45, 2.75) is 25.5 Å². The molecule has 0 bridgehead atoms. The first-order valence-corrected chi connectivity index (χ1v) is 2.93. The Labute approximate surface area is 50.7 Å². The predicted octanol–water partition coefficient (Wildman–Crippen LogP) is 1.72. The van der Waals surface area contributed by atoms with E-state index in [1.54, 1.807) is 0 Å². The van der Waals surface area contributed by atoms with Gasteiger partial charge in [-0.1, -0.05) is 12.8 Å². The van der Waals surface area contributed by atoms with Crippen molar-refractivity contribution in [1.29, 1.82) is 0 Å². The fourth-order valence-corrected chi connectivity index (χ4v) is 0.398. The van der Waals surface area contributed by atoms with Crippen molar-refractivity contribution in [2.24, 2.45) is 0 Å². The van der Waals surface area contributed by atoms with E-state index in [2.05, 4.69) is 31.4 Å². The minimum atomic E-state index is 0.282. The van der Waals surface area contributed by atoms with E-state index in [1.165, 1.54) is 0 Å². The molecule has 1 atom stereocenters. The van der Waals surface area contributed by atoms with Gasteiger partial charge in [-0.25, -0.2) is 0 Å². The van der Waals surface area contributed by atoms with Crippen LogP contribution in [0.5, 0.6) is 0 Å². The molecule has 1 unspecified atom stereocenters. The molecule has 0 fully saturated rings. The number of rotatable bonds is 1. The van der Waals surface area contributed by atoms with Crippen LogP contribution in [-0.4, -0.2) is 5.25 Å². The highest BCUT2D eigenvalue weighted by atomic mass is 32.1. The summed E-state index contributed by atoms with van der Waals surface area (Å²) in [6, 6.07) is 0. The summed E-state index contributed by atoms with van der Waals surface area (Å²) in [5, 5.41) is 0.282. The monoisotopic (exact) mass is 114 g/mol. The summed E-state index contributed by atoms with van der Waals surface area (Å²) in [7, 11) is 0. The van der Waals surface area contributed by atoms with Gasteiger partial charge < -0.3 is 0 Å². The number of hydrogen-bond acceptors (Lipinski definition) is 1. The Morgan fingerprint density at radius 3 is 2.43 bits per heavy atom. The highest BCUT2D eigenvalue weighted by Crippen LogP contribution is 1.95. The second-order valence-corrected chi connectivity index (χ2v) is 1.94. The van der Waals surface area contributed by atoms with Crippen LogP contribution in [0.15, 0.2) is 0 Å². The zero-order valence-corrected chi connectivity index (χ0v) is 5.63.